The molecule has 0 bridgehead atoms. The Hall–Kier alpha value is -0.440. The molecular formula is C13H19Cl2NO. The van der Waals surface area contributed by atoms with Gasteiger partial charge in [-0.05, 0) is 31.5 Å². The van der Waals surface area contributed by atoms with Crippen molar-refractivity contribution in [3.05, 3.63) is 27.7 Å². The molecule has 0 aromatic heterocycles. The van der Waals surface area contributed by atoms with Gasteiger partial charge in [-0.2, -0.15) is 0 Å². The van der Waals surface area contributed by atoms with E-state index in [4.69, 9.17) is 27.9 Å². The Morgan fingerprint density at radius 2 is 1.88 bits per heavy atom. The number of halogens is 2. The van der Waals surface area contributed by atoms with Gasteiger partial charge in [-0.25, -0.2) is 0 Å². The van der Waals surface area contributed by atoms with E-state index in [1.807, 2.05) is 13.0 Å². The molecule has 1 unspecified atom stereocenters. The first-order chi connectivity index (χ1) is 8.13. The van der Waals surface area contributed by atoms with E-state index in [2.05, 4.69) is 19.2 Å². The van der Waals surface area contributed by atoms with Crippen LogP contribution in [-0.4, -0.2) is 13.2 Å². The highest BCUT2D eigenvalue weighted by Crippen LogP contribution is 2.35. The van der Waals surface area contributed by atoms with Gasteiger partial charge in [-0.1, -0.05) is 37.0 Å². The molecule has 1 rings (SSSR count). The van der Waals surface area contributed by atoms with Crippen molar-refractivity contribution < 1.29 is 4.74 Å². The quantitative estimate of drug-likeness (QED) is 0.828. The fourth-order valence-electron chi connectivity index (χ4n) is 1.80. The second kappa shape index (κ2) is 7.10. The van der Waals surface area contributed by atoms with Crippen LogP contribution in [0.5, 0.6) is 5.75 Å². The van der Waals surface area contributed by atoms with E-state index < -0.39 is 0 Å². The van der Waals surface area contributed by atoms with Gasteiger partial charge in [0, 0.05) is 17.1 Å². The van der Waals surface area contributed by atoms with Crippen molar-refractivity contribution in [3.8, 4) is 5.75 Å². The number of nitrogens with one attached hydrogen (secondary N) is 1. The Balaban J connectivity index is 3.04. The van der Waals surface area contributed by atoms with Gasteiger partial charge in [0.05, 0.1) is 11.6 Å². The molecule has 1 N–H and O–H groups in total. The molecule has 2 nitrogen and oxygen atoms in total. The summed E-state index contributed by atoms with van der Waals surface area (Å²) in [7, 11) is 0. The summed E-state index contributed by atoms with van der Waals surface area (Å²) < 4.78 is 5.41. The van der Waals surface area contributed by atoms with Crippen molar-refractivity contribution in [2.75, 3.05) is 13.2 Å². The molecule has 1 aromatic rings. The van der Waals surface area contributed by atoms with E-state index in [-0.39, 0.29) is 6.04 Å². The van der Waals surface area contributed by atoms with Crippen LogP contribution in [-0.2, 0) is 0 Å². The highest BCUT2D eigenvalue weighted by atomic mass is 35.5. The summed E-state index contributed by atoms with van der Waals surface area (Å²) in [6, 6.07) is 3.93. The maximum absolute atomic E-state index is 6.27. The van der Waals surface area contributed by atoms with Crippen LogP contribution in [0.1, 0.15) is 38.8 Å². The van der Waals surface area contributed by atoms with Gasteiger partial charge in [0.15, 0.2) is 0 Å². The topological polar surface area (TPSA) is 21.3 Å². The predicted octanol–water partition coefficient (Wildman–Crippen LogP) is 4.45. The number of hydrogen-bond donors (Lipinski definition) is 1. The summed E-state index contributed by atoms with van der Waals surface area (Å²) in [4.78, 5) is 0. The summed E-state index contributed by atoms with van der Waals surface area (Å²) in [6.45, 7) is 7.60. The van der Waals surface area contributed by atoms with Crippen LogP contribution in [0.15, 0.2) is 12.1 Å². The van der Waals surface area contributed by atoms with Crippen LogP contribution in [0.4, 0.5) is 0 Å². The summed E-state index contributed by atoms with van der Waals surface area (Å²) in [5.74, 6) is 0.647. The third-order valence-electron chi connectivity index (χ3n) is 2.59. The van der Waals surface area contributed by atoms with Gasteiger partial charge in [0.2, 0.25) is 0 Å². The van der Waals surface area contributed by atoms with Gasteiger partial charge in [-0.3, -0.25) is 0 Å². The molecule has 0 radical (unpaired) electrons. The zero-order valence-electron chi connectivity index (χ0n) is 10.5. The van der Waals surface area contributed by atoms with Crippen molar-refractivity contribution in [2.24, 2.45) is 0 Å². The fraction of sp³-hybridized carbons (Fsp3) is 0.538. The van der Waals surface area contributed by atoms with Gasteiger partial charge in [0.25, 0.3) is 0 Å². The van der Waals surface area contributed by atoms with E-state index in [0.29, 0.717) is 22.4 Å². The lowest BCUT2D eigenvalue weighted by Gasteiger charge is -2.19. The zero-order valence-corrected chi connectivity index (χ0v) is 12.0. The Kier molecular flexibility index (Phi) is 6.10. The molecule has 0 spiro atoms. The van der Waals surface area contributed by atoms with E-state index in [9.17, 15) is 0 Å². The molecule has 96 valence electrons. The molecule has 0 aliphatic rings. The highest BCUT2D eigenvalue weighted by Gasteiger charge is 2.15. The first kappa shape index (κ1) is 14.6. The van der Waals surface area contributed by atoms with Crippen LogP contribution in [0.2, 0.25) is 10.0 Å². The van der Waals surface area contributed by atoms with Crippen LogP contribution >= 0.6 is 23.2 Å². The van der Waals surface area contributed by atoms with Crippen molar-refractivity contribution in [1.82, 2.24) is 5.32 Å². The highest BCUT2D eigenvalue weighted by molar-refractivity contribution is 6.34. The molecule has 1 atom stereocenters. The normalized spacial score (nSPS) is 12.5. The molecule has 0 amide bonds. The molecular weight excluding hydrogens is 257 g/mol. The standard InChI is InChI=1S/C13H19Cl2NO/c1-4-12(16-5-2)9-7-11(15)13(17-6-3)8-10(9)14/h7-8,12,16H,4-6H2,1-3H3. The minimum atomic E-state index is 0.237. The Morgan fingerprint density at radius 1 is 1.18 bits per heavy atom. The summed E-state index contributed by atoms with van der Waals surface area (Å²) in [5, 5.41) is 4.70. The average molecular weight is 276 g/mol. The molecule has 0 heterocycles. The van der Waals surface area contributed by atoms with E-state index in [0.717, 1.165) is 18.5 Å². The maximum atomic E-state index is 6.27. The second-order valence-electron chi connectivity index (χ2n) is 3.76. The smallest absolute Gasteiger partial charge is 0.139 e. The number of hydrogen-bond acceptors (Lipinski definition) is 2. The molecule has 4 heteroatoms. The summed E-state index contributed by atoms with van der Waals surface area (Å²) in [6.07, 6.45) is 0.970. The zero-order chi connectivity index (χ0) is 12.8. The van der Waals surface area contributed by atoms with Crippen LogP contribution in [0.3, 0.4) is 0 Å². The second-order valence-corrected chi connectivity index (χ2v) is 4.57. The first-order valence-corrected chi connectivity index (χ1v) is 6.74. The van der Waals surface area contributed by atoms with Crippen LogP contribution in [0, 0.1) is 0 Å². The molecule has 0 saturated heterocycles. The first-order valence-electron chi connectivity index (χ1n) is 5.99. The van der Waals surface area contributed by atoms with Crippen molar-refractivity contribution in [3.63, 3.8) is 0 Å². The average Bonchev–Trinajstić information content (AvgIpc) is 2.31. The predicted molar refractivity (Wildman–Crippen MR) is 74.3 cm³/mol. The van der Waals surface area contributed by atoms with Crippen LogP contribution < -0.4 is 10.1 Å². The molecule has 1 aromatic carbocycles. The largest absolute Gasteiger partial charge is 0.492 e. The molecule has 0 saturated carbocycles. The van der Waals surface area contributed by atoms with E-state index >= 15 is 0 Å². The lowest BCUT2D eigenvalue weighted by molar-refractivity contribution is 0.340. The Bertz CT molecular complexity index is 369. The fourth-order valence-corrected chi connectivity index (χ4v) is 2.31. The lowest BCUT2D eigenvalue weighted by atomic mass is 10.0. The number of benzene rings is 1. The summed E-state index contributed by atoms with van der Waals surface area (Å²) >= 11 is 12.4. The molecule has 0 fully saturated rings. The van der Waals surface area contributed by atoms with Crippen LogP contribution in [0.25, 0.3) is 0 Å². The Labute approximate surface area is 113 Å². The van der Waals surface area contributed by atoms with Gasteiger partial charge in [0.1, 0.15) is 5.75 Å². The monoisotopic (exact) mass is 275 g/mol. The Morgan fingerprint density at radius 3 is 2.41 bits per heavy atom. The van der Waals surface area contributed by atoms with Crippen molar-refractivity contribution >= 4 is 23.2 Å². The van der Waals surface area contributed by atoms with Crippen molar-refractivity contribution in [1.29, 1.82) is 0 Å². The minimum absolute atomic E-state index is 0.237. The summed E-state index contributed by atoms with van der Waals surface area (Å²) in [5.41, 5.74) is 1.03. The van der Waals surface area contributed by atoms with E-state index in [1.165, 1.54) is 0 Å². The molecule has 17 heavy (non-hydrogen) atoms. The number of rotatable bonds is 6. The van der Waals surface area contributed by atoms with E-state index in [1.54, 1.807) is 6.07 Å². The third kappa shape index (κ3) is 3.77. The SMILES string of the molecule is CCNC(CC)c1cc(Cl)c(OCC)cc1Cl. The van der Waals surface area contributed by atoms with Gasteiger partial charge < -0.3 is 10.1 Å². The van der Waals surface area contributed by atoms with Crippen molar-refractivity contribution in [2.45, 2.75) is 33.2 Å². The third-order valence-corrected chi connectivity index (χ3v) is 3.21. The number of ether oxygens (including phenoxy) is 1. The molecule has 0 aliphatic carbocycles. The lowest BCUT2D eigenvalue weighted by Crippen LogP contribution is -2.20. The van der Waals surface area contributed by atoms with Gasteiger partial charge in [-0.15, -0.1) is 0 Å². The van der Waals surface area contributed by atoms with Gasteiger partial charge >= 0.3 is 0 Å². The minimum Gasteiger partial charge on any atom is -0.492 e. The maximum Gasteiger partial charge on any atom is 0.139 e. The molecule has 0 aliphatic heterocycles.